The molecule has 1 aliphatic carbocycles. The number of carbonyl (C=O) groups excluding carboxylic acids is 1. The van der Waals surface area contributed by atoms with Gasteiger partial charge in [0.05, 0.1) is 6.10 Å². The Labute approximate surface area is 141 Å². The van der Waals surface area contributed by atoms with Crippen LogP contribution < -0.4 is 5.32 Å². The van der Waals surface area contributed by atoms with Crippen molar-refractivity contribution in [3.05, 3.63) is 59.7 Å². The van der Waals surface area contributed by atoms with Crippen molar-refractivity contribution in [2.75, 3.05) is 13.2 Å². The highest BCUT2D eigenvalue weighted by Crippen LogP contribution is 2.44. The molecule has 0 bridgehead atoms. The summed E-state index contributed by atoms with van der Waals surface area (Å²) in [6.45, 7) is 0.339. The van der Waals surface area contributed by atoms with Gasteiger partial charge in [-0.15, -0.1) is 12.3 Å². The molecule has 0 aromatic heterocycles. The Morgan fingerprint density at radius 1 is 1.17 bits per heavy atom. The van der Waals surface area contributed by atoms with Crippen LogP contribution in [0.25, 0.3) is 11.1 Å². The number of ether oxygens (including phenoxy) is 1. The number of fused-ring (bicyclic) bond motifs is 3. The Hall–Kier alpha value is -2.77. The topological polar surface area (TPSA) is 58.6 Å². The van der Waals surface area contributed by atoms with Crippen LogP contribution in [0.4, 0.5) is 4.79 Å². The van der Waals surface area contributed by atoms with Gasteiger partial charge in [-0.3, -0.25) is 0 Å². The van der Waals surface area contributed by atoms with Crippen molar-refractivity contribution in [3.63, 3.8) is 0 Å². The molecule has 4 heteroatoms. The van der Waals surface area contributed by atoms with Crippen LogP contribution in [0.5, 0.6) is 0 Å². The normalized spacial score (nSPS) is 13.5. The van der Waals surface area contributed by atoms with Crippen molar-refractivity contribution >= 4 is 6.09 Å². The third-order valence-corrected chi connectivity index (χ3v) is 4.18. The third kappa shape index (κ3) is 3.27. The van der Waals surface area contributed by atoms with Crippen LogP contribution in [0, 0.1) is 12.3 Å². The second-order valence-electron chi connectivity index (χ2n) is 5.77. The van der Waals surface area contributed by atoms with E-state index in [0.29, 0.717) is 0 Å². The molecular formula is C20H19NO3. The lowest BCUT2D eigenvalue weighted by Gasteiger charge is -2.15. The molecule has 0 fully saturated rings. The van der Waals surface area contributed by atoms with Gasteiger partial charge in [0, 0.05) is 18.9 Å². The fourth-order valence-electron chi connectivity index (χ4n) is 3.06. The monoisotopic (exact) mass is 321 g/mol. The van der Waals surface area contributed by atoms with Gasteiger partial charge in [-0.1, -0.05) is 48.5 Å². The predicted octanol–water partition coefficient (Wildman–Crippen LogP) is 2.91. The van der Waals surface area contributed by atoms with Crippen molar-refractivity contribution < 1.29 is 14.6 Å². The van der Waals surface area contributed by atoms with Gasteiger partial charge < -0.3 is 15.2 Å². The molecular weight excluding hydrogens is 302 g/mol. The van der Waals surface area contributed by atoms with Crippen LogP contribution in [0.3, 0.4) is 0 Å². The van der Waals surface area contributed by atoms with Crippen LogP contribution in [0.2, 0.25) is 0 Å². The summed E-state index contributed by atoms with van der Waals surface area (Å²) in [5.74, 6) is 2.37. The SMILES string of the molecule is C#CCC(O)CNC(=O)OCC1c2ccccc2-c2ccccc21. The molecule has 1 unspecified atom stereocenters. The van der Waals surface area contributed by atoms with Gasteiger partial charge in [0.1, 0.15) is 6.61 Å². The molecule has 24 heavy (non-hydrogen) atoms. The number of benzene rings is 2. The van der Waals surface area contributed by atoms with Gasteiger partial charge in [0.25, 0.3) is 0 Å². The third-order valence-electron chi connectivity index (χ3n) is 4.18. The van der Waals surface area contributed by atoms with E-state index in [0.717, 1.165) is 0 Å². The fourth-order valence-corrected chi connectivity index (χ4v) is 3.06. The maximum absolute atomic E-state index is 11.8. The van der Waals surface area contributed by atoms with Crippen molar-refractivity contribution in [1.29, 1.82) is 0 Å². The Kier molecular flexibility index (Phi) is 4.83. The summed E-state index contributed by atoms with van der Waals surface area (Å²) >= 11 is 0. The lowest BCUT2D eigenvalue weighted by atomic mass is 9.98. The summed E-state index contributed by atoms with van der Waals surface area (Å²) in [7, 11) is 0. The molecule has 1 atom stereocenters. The molecule has 0 heterocycles. The van der Waals surface area contributed by atoms with E-state index in [1.807, 2.05) is 24.3 Å². The lowest BCUT2D eigenvalue weighted by molar-refractivity contribution is 0.129. The quantitative estimate of drug-likeness (QED) is 0.833. The molecule has 2 aromatic carbocycles. The van der Waals surface area contributed by atoms with Crippen LogP contribution in [0.1, 0.15) is 23.5 Å². The number of carbonyl (C=O) groups is 1. The van der Waals surface area contributed by atoms with Gasteiger partial charge in [0.2, 0.25) is 0 Å². The average molecular weight is 321 g/mol. The Morgan fingerprint density at radius 3 is 2.33 bits per heavy atom. The summed E-state index contributed by atoms with van der Waals surface area (Å²) < 4.78 is 5.36. The number of terminal acetylenes is 1. The number of hydrogen-bond donors (Lipinski definition) is 2. The number of aliphatic hydroxyl groups is 1. The zero-order valence-electron chi connectivity index (χ0n) is 13.2. The molecule has 2 N–H and O–H groups in total. The highest BCUT2D eigenvalue weighted by atomic mass is 16.5. The minimum atomic E-state index is -0.754. The van der Waals surface area contributed by atoms with Crippen molar-refractivity contribution in [3.8, 4) is 23.5 Å². The van der Waals surface area contributed by atoms with E-state index >= 15 is 0 Å². The molecule has 122 valence electrons. The minimum Gasteiger partial charge on any atom is -0.449 e. The summed E-state index contributed by atoms with van der Waals surface area (Å²) in [4.78, 5) is 11.8. The van der Waals surface area contributed by atoms with E-state index in [9.17, 15) is 9.90 Å². The van der Waals surface area contributed by atoms with Crippen LogP contribution in [-0.2, 0) is 4.74 Å². The molecule has 3 rings (SSSR count). The predicted molar refractivity (Wildman–Crippen MR) is 92.5 cm³/mol. The number of rotatable bonds is 5. The number of amides is 1. The maximum Gasteiger partial charge on any atom is 0.407 e. The second kappa shape index (κ2) is 7.20. The number of aliphatic hydroxyl groups excluding tert-OH is 1. The zero-order valence-corrected chi connectivity index (χ0v) is 13.2. The lowest BCUT2D eigenvalue weighted by Crippen LogP contribution is -2.33. The smallest absolute Gasteiger partial charge is 0.407 e. The Balaban J connectivity index is 1.66. The standard InChI is InChI=1S/C20H19NO3/c1-2-7-14(22)12-21-20(23)24-13-19-17-10-5-3-8-15(17)16-9-4-6-11-18(16)19/h1,3-6,8-11,14,19,22H,7,12-13H2,(H,21,23). The fraction of sp³-hybridized carbons (Fsp3) is 0.250. The largest absolute Gasteiger partial charge is 0.449 e. The number of hydrogen-bond acceptors (Lipinski definition) is 3. The summed E-state index contributed by atoms with van der Waals surface area (Å²) in [5.41, 5.74) is 4.70. The van der Waals surface area contributed by atoms with E-state index in [1.165, 1.54) is 22.3 Å². The molecule has 0 spiro atoms. The first-order valence-electron chi connectivity index (χ1n) is 7.91. The van der Waals surface area contributed by atoms with Gasteiger partial charge in [-0.25, -0.2) is 4.79 Å². The first-order chi connectivity index (χ1) is 11.7. The van der Waals surface area contributed by atoms with Crippen LogP contribution in [0.15, 0.2) is 48.5 Å². The first kappa shape index (κ1) is 16.1. The summed E-state index contributed by atoms with van der Waals surface area (Å²) in [6, 6.07) is 16.3. The average Bonchev–Trinajstić information content (AvgIpc) is 2.92. The number of nitrogens with one attached hydrogen (secondary N) is 1. The van der Waals surface area contributed by atoms with E-state index in [-0.39, 0.29) is 25.5 Å². The zero-order chi connectivity index (χ0) is 16.9. The van der Waals surface area contributed by atoms with E-state index in [1.54, 1.807) is 0 Å². The molecule has 0 radical (unpaired) electrons. The molecule has 0 saturated heterocycles. The van der Waals surface area contributed by atoms with Gasteiger partial charge >= 0.3 is 6.09 Å². The second-order valence-corrected chi connectivity index (χ2v) is 5.77. The first-order valence-corrected chi connectivity index (χ1v) is 7.91. The van der Waals surface area contributed by atoms with Crippen molar-refractivity contribution in [1.82, 2.24) is 5.32 Å². The van der Waals surface area contributed by atoms with Crippen molar-refractivity contribution in [2.24, 2.45) is 0 Å². The maximum atomic E-state index is 11.8. The number of alkyl carbamates (subject to hydrolysis) is 1. The summed E-state index contributed by atoms with van der Waals surface area (Å²) in [6.07, 6.45) is 4.01. The highest BCUT2D eigenvalue weighted by Gasteiger charge is 2.28. The minimum absolute atomic E-state index is 0.0266. The van der Waals surface area contributed by atoms with E-state index < -0.39 is 12.2 Å². The van der Waals surface area contributed by atoms with Crippen LogP contribution >= 0.6 is 0 Å². The molecule has 1 aliphatic rings. The Bertz CT molecular complexity index is 733. The molecule has 1 amide bonds. The van der Waals surface area contributed by atoms with Gasteiger partial charge in [-0.2, -0.15) is 0 Å². The molecule has 0 aliphatic heterocycles. The van der Waals surface area contributed by atoms with Crippen LogP contribution in [-0.4, -0.2) is 30.5 Å². The molecule has 0 saturated carbocycles. The van der Waals surface area contributed by atoms with Gasteiger partial charge in [0.15, 0.2) is 0 Å². The van der Waals surface area contributed by atoms with Gasteiger partial charge in [-0.05, 0) is 22.3 Å². The Morgan fingerprint density at radius 2 is 1.75 bits per heavy atom. The van der Waals surface area contributed by atoms with E-state index in [2.05, 4.69) is 35.5 Å². The molecule has 4 nitrogen and oxygen atoms in total. The molecule has 2 aromatic rings. The highest BCUT2D eigenvalue weighted by molar-refractivity contribution is 5.79. The van der Waals surface area contributed by atoms with Crippen molar-refractivity contribution in [2.45, 2.75) is 18.4 Å². The van der Waals surface area contributed by atoms with E-state index in [4.69, 9.17) is 11.2 Å². The summed E-state index contributed by atoms with van der Waals surface area (Å²) in [5, 5.41) is 12.1.